The van der Waals surface area contributed by atoms with Crippen LogP contribution in [0.4, 0.5) is 0 Å². The summed E-state index contributed by atoms with van der Waals surface area (Å²) in [5, 5.41) is 17.7. The third kappa shape index (κ3) is 18.3. The van der Waals surface area contributed by atoms with Crippen LogP contribution in [-0.2, 0) is 9.59 Å². The fourth-order valence-electron chi connectivity index (χ4n) is 3.47. The van der Waals surface area contributed by atoms with E-state index in [1.807, 2.05) is 0 Å². The predicted octanol–water partition coefficient (Wildman–Crippen LogP) is 5.40. The zero-order valence-corrected chi connectivity index (χ0v) is 18.5. The summed E-state index contributed by atoms with van der Waals surface area (Å²) in [6, 6.07) is 0. The van der Waals surface area contributed by atoms with Gasteiger partial charge in [-0.3, -0.25) is 9.59 Å². The van der Waals surface area contributed by atoms with E-state index in [2.05, 4.69) is 13.8 Å². The van der Waals surface area contributed by atoms with Crippen molar-refractivity contribution in [2.75, 3.05) is 19.7 Å². The maximum absolute atomic E-state index is 12.1. The molecule has 0 unspecified atom stereocenters. The number of unbranched alkanes of at least 4 members (excludes halogenated alkanes) is 11. The molecule has 0 aliphatic heterocycles. The number of rotatable bonds is 20. The lowest BCUT2D eigenvalue weighted by Gasteiger charge is -2.20. The van der Waals surface area contributed by atoms with E-state index in [1.54, 1.807) is 0 Å². The van der Waals surface area contributed by atoms with Gasteiger partial charge in [0.2, 0.25) is 5.91 Å². The number of aliphatic hydroxyl groups excluding tert-OH is 1. The highest BCUT2D eigenvalue weighted by Crippen LogP contribution is 2.14. The van der Waals surface area contributed by atoms with Gasteiger partial charge in [0.05, 0.1) is 13.0 Å². The molecular formula is C23H45NO4. The minimum atomic E-state index is -0.915. The van der Waals surface area contributed by atoms with Gasteiger partial charge in [0.1, 0.15) is 0 Å². The van der Waals surface area contributed by atoms with Crippen LogP contribution in [0.1, 0.15) is 110 Å². The summed E-state index contributed by atoms with van der Waals surface area (Å²) in [4.78, 5) is 24.2. The molecule has 1 amide bonds. The van der Waals surface area contributed by atoms with Gasteiger partial charge < -0.3 is 15.1 Å². The molecule has 166 valence electrons. The zero-order valence-electron chi connectivity index (χ0n) is 18.5. The van der Waals surface area contributed by atoms with E-state index in [-0.39, 0.29) is 32.0 Å². The number of aliphatic carboxylic acids is 1. The Labute approximate surface area is 172 Å². The van der Waals surface area contributed by atoms with Crippen molar-refractivity contribution in [2.45, 2.75) is 110 Å². The van der Waals surface area contributed by atoms with E-state index in [0.29, 0.717) is 6.42 Å². The summed E-state index contributed by atoms with van der Waals surface area (Å²) in [5.74, 6) is -0.111. The summed E-state index contributed by atoms with van der Waals surface area (Å²) < 4.78 is 0. The average molecular weight is 400 g/mol. The van der Waals surface area contributed by atoms with Gasteiger partial charge in [-0.1, -0.05) is 90.9 Å². The quantitative estimate of drug-likeness (QED) is 0.269. The molecule has 0 aromatic carbocycles. The monoisotopic (exact) mass is 399 g/mol. The molecule has 0 spiro atoms. The number of carboxylic acids is 1. The molecule has 0 saturated carbocycles. The molecule has 2 N–H and O–H groups in total. The summed E-state index contributed by atoms with van der Waals surface area (Å²) in [6.45, 7) is 4.89. The van der Waals surface area contributed by atoms with Gasteiger partial charge in [-0.2, -0.15) is 0 Å². The van der Waals surface area contributed by atoms with E-state index < -0.39 is 5.97 Å². The number of carbonyl (C=O) groups is 2. The minimum absolute atomic E-state index is 0.0382. The Bertz CT molecular complexity index is 385. The SMILES string of the molecule is CC(C)CCCCCCCCCCCCCCC(=O)N(CCO)CCC(=O)O. The lowest BCUT2D eigenvalue weighted by Crippen LogP contribution is -2.35. The van der Waals surface area contributed by atoms with Crippen LogP contribution in [0.2, 0.25) is 0 Å². The van der Waals surface area contributed by atoms with E-state index in [0.717, 1.165) is 25.2 Å². The van der Waals surface area contributed by atoms with Gasteiger partial charge in [-0.25, -0.2) is 0 Å². The molecule has 5 heteroatoms. The molecule has 0 saturated heterocycles. The van der Waals surface area contributed by atoms with E-state index >= 15 is 0 Å². The Morgan fingerprint density at radius 2 is 1.18 bits per heavy atom. The van der Waals surface area contributed by atoms with Crippen molar-refractivity contribution in [1.29, 1.82) is 0 Å². The number of amides is 1. The molecule has 0 aliphatic carbocycles. The fraction of sp³-hybridized carbons (Fsp3) is 0.913. The van der Waals surface area contributed by atoms with Crippen molar-refractivity contribution in [3.63, 3.8) is 0 Å². The molecule has 0 aromatic heterocycles. The van der Waals surface area contributed by atoms with E-state index in [4.69, 9.17) is 10.2 Å². The maximum atomic E-state index is 12.1. The molecule has 0 aromatic rings. The number of hydrogen-bond acceptors (Lipinski definition) is 3. The Hall–Kier alpha value is -1.10. The third-order valence-electron chi connectivity index (χ3n) is 5.24. The predicted molar refractivity (Wildman–Crippen MR) is 115 cm³/mol. The highest BCUT2D eigenvalue weighted by molar-refractivity contribution is 5.77. The van der Waals surface area contributed by atoms with Gasteiger partial charge in [0.15, 0.2) is 0 Å². The van der Waals surface area contributed by atoms with Crippen LogP contribution < -0.4 is 0 Å². The second-order valence-electron chi connectivity index (χ2n) is 8.42. The zero-order chi connectivity index (χ0) is 21.0. The van der Waals surface area contributed by atoms with Gasteiger partial charge >= 0.3 is 5.97 Å². The van der Waals surface area contributed by atoms with Gasteiger partial charge in [0.25, 0.3) is 0 Å². The number of aliphatic hydroxyl groups is 1. The summed E-state index contributed by atoms with van der Waals surface area (Å²) in [7, 11) is 0. The number of nitrogens with zero attached hydrogens (tertiary/aromatic N) is 1. The summed E-state index contributed by atoms with van der Waals surface area (Å²) >= 11 is 0. The highest BCUT2D eigenvalue weighted by Gasteiger charge is 2.13. The van der Waals surface area contributed by atoms with Gasteiger partial charge in [-0.15, -0.1) is 0 Å². The fourth-order valence-corrected chi connectivity index (χ4v) is 3.47. The molecule has 0 rings (SSSR count). The van der Waals surface area contributed by atoms with Crippen LogP contribution in [0.3, 0.4) is 0 Å². The van der Waals surface area contributed by atoms with Crippen LogP contribution in [0.25, 0.3) is 0 Å². The van der Waals surface area contributed by atoms with Gasteiger partial charge in [0, 0.05) is 19.5 Å². The first-order chi connectivity index (χ1) is 13.5. The van der Waals surface area contributed by atoms with Crippen molar-refractivity contribution >= 4 is 11.9 Å². The molecule has 5 nitrogen and oxygen atoms in total. The molecule has 0 heterocycles. The molecule has 0 atom stereocenters. The van der Waals surface area contributed by atoms with Gasteiger partial charge in [-0.05, 0) is 12.3 Å². The summed E-state index contributed by atoms with van der Waals surface area (Å²) in [6.07, 6.45) is 16.9. The standard InChI is InChI=1S/C23H45NO4/c1-21(2)15-13-11-9-7-5-3-4-6-8-10-12-14-16-22(26)24(19-20-25)18-17-23(27)28/h21,25H,3-20H2,1-2H3,(H,27,28). The smallest absolute Gasteiger partial charge is 0.305 e. The first-order valence-corrected chi connectivity index (χ1v) is 11.6. The van der Waals surface area contributed by atoms with Crippen LogP contribution in [0.15, 0.2) is 0 Å². The third-order valence-corrected chi connectivity index (χ3v) is 5.24. The molecule has 28 heavy (non-hydrogen) atoms. The first-order valence-electron chi connectivity index (χ1n) is 11.6. The van der Waals surface area contributed by atoms with Crippen LogP contribution in [0.5, 0.6) is 0 Å². The van der Waals surface area contributed by atoms with Crippen molar-refractivity contribution in [3.8, 4) is 0 Å². The molecular weight excluding hydrogens is 354 g/mol. The van der Waals surface area contributed by atoms with Crippen molar-refractivity contribution in [3.05, 3.63) is 0 Å². The number of carbonyl (C=O) groups excluding carboxylic acids is 1. The number of hydrogen-bond donors (Lipinski definition) is 2. The first kappa shape index (κ1) is 26.9. The lowest BCUT2D eigenvalue weighted by atomic mass is 10.0. The topological polar surface area (TPSA) is 77.8 Å². The molecule has 0 fully saturated rings. The largest absolute Gasteiger partial charge is 0.481 e. The molecule has 0 aliphatic rings. The Morgan fingerprint density at radius 1 is 0.714 bits per heavy atom. The Morgan fingerprint density at radius 3 is 1.61 bits per heavy atom. The average Bonchev–Trinajstić information content (AvgIpc) is 2.64. The van der Waals surface area contributed by atoms with Crippen LogP contribution in [-0.4, -0.2) is 46.7 Å². The van der Waals surface area contributed by atoms with Crippen molar-refractivity contribution < 1.29 is 19.8 Å². The normalized spacial score (nSPS) is 11.1. The van der Waals surface area contributed by atoms with Crippen LogP contribution in [0, 0.1) is 5.92 Å². The Balaban J connectivity index is 3.45. The molecule has 0 bridgehead atoms. The van der Waals surface area contributed by atoms with E-state index in [9.17, 15) is 9.59 Å². The van der Waals surface area contributed by atoms with E-state index in [1.165, 1.54) is 69.1 Å². The highest BCUT2D eigenvalue weighted by atomic mass is 16.4. The second-order valence-corrected chi connectivity index (χ2v) is 8.42. The minimum Gasteiger partial charge on any atom is -0.481 e. The second kappa shape index (κ2) is 19.2. The van der Waals surface area contributed by atoms with Crippen LogP contribution >= 0.6 is 0 Å². The molecule has 0 radical (unpaired) electrons. The Kier molecular flexibility index (Phi) is 18.5. The summed E-state index contributed by atoms with van der Waals surface area (Å²) in [5.41, 5.74) is 0. The number of carboxylic acid groups (broad SMARTS) is 1. The lowest BCUT2D eigenvalue weighted by molar-refractivity contribution is -0.138. The van der Waals surface area contributed by atoms with Crippen molar-refractivity contribution in [1.82, 2.24) is 4.90 Å². The maximum Gasteiger partial charge on any atom is 0.305 e. The van der Waals surface area contributed by atoms with Crippen molar-refractivity contribution in [2.24, 2.45) is 5.92 Å².